The van der Waals surface area contributed by atoms with Gasteiger partial charge in [0.05, 0.1) is 0 Å². The van der Waals surface area contributed by atoms with Crippen molar-refractivity contribution in [3.05, 3.63) is 11.6 Å². The van der Waals surface area contributed by atoms with Crippen LogP contribution < -0.4 is 5.32 Å². The molecule has 0 bridgehead atoms. The summed E-state index contributed by atoms with van der Waals surface area (Å²) in [5, 5.41) is 17.2. The van der Waals surface area contributed by atoms with Gasteiger partial charge in [-0.1, -0.05) is 13.8 Å². The van der Waals surface area contributed by atoms with Crippen molar-refractivity contribution in [1.29, 1.82) is 0 Å². The van der Waals surface area contributed by atoms with Gasteiger partial charge in [-0.3, -0.25) is 14.7 Å². The van der Waals surface area contributed by atoms with Gasteiger partial charge in [0.2, 0.25) is 5.82 Å². The van der Waals surface area contributed by atoms with Crippen LogP contribution in [0.4, 0.5) is 0 Å². The molecule has 1 amide bonds. The molecule has 0 saturated heterocycles. The second-order valence-electron chi connectivity index (χ2n) is 3.73. The van der Waals surface area contributed by atoms with Gasteiger partial charge < -0.3 is 10.4 Å². The average Bonchev–Trinajstić information content (AvgIpc) is 2.65. The maximum atomic E-state index is 11.5. The van der Waals surface area contributed by atoms with Crippen LogP contribution in [0, 0.1) is 0 Å². The fourth-order valence-corrected chi connectivity index (χ4v) is 0.957. The number of carboxylic acids is 1. The van der Waals surface area contributed by atoms with Crippen LogP contribution in [-0.2, 0) is 4.79 Å². The molecule has 1 aromatic heterocycles. The maximum absolute atomic E-state index is 11.5. The first-order valence-corrected chi connectivity index (χ1v) is 4.87. The van der Waals surface area contributed by atoms with E-state index in [0.29, 0.717) is 5.82 Å². The first kappa shape index (κ1) is 12.2. The van der Waals surface area contributed by atoms with Crippen LogP contribution in [0.2, 0.25) is 0 Å². The largest absolute Gasteiger partial charge is 0.480 e. The Labute approximate surface area is 92.3 Å². The smallest absolute Gasteiger partial charge is 0.325 e. The van der Waals surface area contributed by atoms with E-state index in [4.69, 9.17) is 5.11 Å². The Bertz CT molecular complexity index is 399. The minimum absolute atomic E-state index is 0.0446. The molecule has 0 unspecified atom stereocenters. The van der Waals surface area contributed by atoms with Crippen molar-refractivity contribution in [2.75, 3.05) is 0 Å². The Morgan fingerprint density at radius 2 is 2.00 bits per heavy atom. The van der Waals surface area contributed by atoms with Gasteiger partial charge in [-0.15, -0.1) is 5.10 Å². The van der Waals surface area contributed by atoms with Crippen molar-refractivity contribution in [2.24, 2.45) is 0 Å². The molecule has 0 aromatic carbocycles. The van der Waals surface area contributed by atoms with Crippen LogP contribution in [-0.4, -0.2) is 38.2 Å². The molecule has 0 fully saturated rings. The van der Waals surface area contributed by atoms with E-state index in [1.165, 1.54) is 6.92 Å². The number of aromatic amines is 1. The van der Waals surface area contributed by atoms with E-state index in [1.807, 2.05) is 13.8 Å². The van der Waals surface area contributed by atoms with Crippen LogP contribution in [0.25, 0.3) is 0 Å². The quantitative estimate of drug-likeness (QED) is 0.676. The Morgan fingerprint density at radius 3 is 2.44 bits per heavy atom. The molecule has 1 rings (SSSR count). The summed E-state index contributed by atoms with van der Waals surface area (Å²) in [6.45, 7) is 5.18. The zero-order valence-electron chi connectivity index (χ0n) is 9.31. The van der Waals surface area contributed by atoms with E-state index in [0.717, 1.165) is 0 Å². The molecule has 0 radical (unpaired) electrons. The molecule has 0 aliphatic carbocycles. The number of H-pyrrole nitrogens is 1. The second kappa shape index (κ2) is 4.73. The molecule has 1 atom stereocenters. The number of carbonyl (C=O) groups is 2. The zero-order chi connectivity index (χ0) is 12.3. The van der Waals surface area contributed by atoms with E-state index in [2.05, 4.69) is 20.5 Å². The Balaban J connectivity index is 2.70. The number of hydrogen-bond acceptors (Lipinski definition) is 4. The molecule has 0 aliphatic heterocycles. The molecular weight excluding hydrogens is 212 g/mol. The van der Waals surface area contributed by atoms with Gasteiger partial charge in [-0.05, 0) is 6.92 Å². The SMILES string of the molecule is CC(C)c1nc(C(=O)N[C@H](C)C(=O)O)n[nH]1. The van der Waals surface area contributed by atoms with E-state index in [-0.39, 0.29) is 11.7 Å². The van der Waals surface area contributed by atoms with Crippen molar-refractivity contribution in [1.82, 2.24) is 20.5 Å². The van der Waals surface area contributed by atoms with Gasteiger partial charge in [0.25, 0.3) is 5.91 Å². The molecule has 1 heterocycles. The van der Waals surface area contributed by atoms with Crippen molar-refractivity contribution in [2.45, 2.75) is 32.7 Å². The molecule has 88 valence electrons. The lowest BCUT2D eigenvalue weighted by atomic mass is 10.2. The normalized spacial score (nSPS) is 12.5. The lowest BCUT2D eigenvalue weighted by Gasteiger charge is -2.06. The first-order valence-electron chi connectivity index (χ1n) is 4.87. The summed E-state index contributed by atoms with van der Waals surface area (Å²) in [5.74, 6) is -1.03. The van der Waals surface area contributed by atoms with Gasteiger partial charge in [0.15, 0.2) is 0 Å². The lowest BCUT2D eigenvalue weighted by molar-refractivity contribution is -0.138. The highest BCUT2D eigenvalue weighted by Crippen LogP contribution is 2.07. The number of nitrogens with one attached hydrogen (secondary N) is 2. The molecular formula is C9H14N4O3. The molecule has 0 saturated carbocycles. The summed E-state index contributed by atoms with van der Waals surface area (Å²) in [6, 6.07) is -0.964. The van der Waals surface area contributed by atoms with Crippen LogP contribution in [0.1, 0.15) is 43.1 Å². The molecule has 1 aromatic rings. The minimum atomic E-state index is -1.10. The van der Waals surface area contributed by atoms with Crippen LogP contribution in [0.3, 0.4) is 0 Å². The van der Waals surface area contributed by atoms with Gasteiger partial charge >= 0.3 is 5.97 Å². The van der Waals surface area contributed by atoms with Crippen molar-refractivity contribution in [3.8, 4) is 0 Å². The summed E-state index contributed by atoms with van der Waals surface area (Å²) in [7, 11) is 0. The number of nitrogens with zero attached hydrogens (tertiary/aromatic N) is 2. The number of carboxylic acid groups (broad SMARTS) is 1. The lowest BCUT2D eigenvalue weighted by Crippen LogP contribution is -2.38. The summed E-state index contributed by atoms with van der Waals surface area (Å²) >= 11 is 0. The third-order valence-corrected chi connectivity index (χ3v) is 1.97. The molecule has 7 heteroatoms. The number of rotatable bonds is 4. The van der Waals surface area contributed by atoms with E-state index >= 15 is 0 Å². The minimum Gasteiger partial charge on any atom is -0.480 e. The van der Waals surface area contributed by atoms with Crippen LogP contribution >= 0.6 is 0 Å². The monoisotopic (exact) mass is 226 g/mol. The predicted octanol–water partition coefficient (Wildman–Crippen LogP) is 0.131. The third kappa shape index (κ3) is 2.78. The average molecular weight is 226 g/mol. The number of aliphatic carboxylic acids is 1. The Kier molecular flexibility index (Phi) is 3.60. The van der Waals surface area contributed by atoms with Gasteiger partial charge in [-0.25, -0.2) is 4.98 Å². The van der Waals surface area contributed by atoms with Crippen LogP contribution in [0.5, 0.6) is 0 Å². The van der Waals surface area contributed by atoms with E-state index < -0.39 is 17.9 Å². The second-order valence-corrected chi connectivity index (χ2v) is 3.73. The topological polar surface area (TPSA) is 108 Å². The first-order chi connectivity index (χ1) is 7.41. The van der Waals surface area contributed by atoms with E-state index in [1.54, 1.807) is 0 Å². The fraction of sp³-hybridized carbons (Fsp3) is 0.556. The molecule has 7 nitrogen and oxygen atoms in total. The summed E-state index contributed by atoms with van der Waals surface area (Å²) < 4.78 is 0. The van der Waals surface area contributed by atoms with Gasteiger partial charge in [0.1, 0.15) is 11.9 Å². The zero-order valence-corrected chi connectivity index (χ0v) is 9.31. The van der Waals surface area contributed by atoms with Crippen molar-refractivity contribution >= 4 is 11.9 Å². The molecule has 16 heavy (non-hydrogen) atoms. The Morgan fingerprint density at radius 1 is 1.38 bits per heavy atom. The van der Waals surface area contributed by atoms with Gasteiger partial charge in [0, 0.05) is 5.92 Å². The number of aromatic nitrogens is 3. The molecule has 3 N–H and O–H groups in total. The number of amides is 1. The maximum Gasteiger partial charge on any atom is 0.325 e. The van der Waals surface area contributed by atoms with E-state index in [9.17, 15) is 9.59 Å². The van der Waals surface area contributed by atoms with Crippen LogP contribution in [0.15, 0.2) is 0 Å². The summed E-state index contributed by atoms with van der Waals surface area (Å²) in [6.07, 6.45) is 0. The predicted molar refractivity (Wildman–Crippen MR) is 55.0 cm³/mol. The Hall–Kier alpha value is -1.92. The fourth-order valence-electron chi connectivity index (χ4n) is 0.957. The van der Waals surface area contributed by atoms with Gasteiger partial charge in [-0.2, -0.15) is 0 Å². The molecule has 0 spiro atoms. The highest BCUT2D eigenvalue weighted by atomic mass is 16.4. The molecule has 0 aliphatic rings. The highest BCUT2D eigenvalue weighted by molar-refractivity contribution is 5.93. The third-order valence-electron chi connectivity index (χ3n) is 1.97. The number of carbonyl (C=O) groups excluding carboxylic acids is 1. The summed E-state index contributed by atoms with van der Waals surface area (Å²) in [4.78, 5) is 25.9. The van der Waals surface area contributed by atoms with Crippen molar-refractivity contribution < 1.29 is 14.7 Å². The standard InChI is InChI=1S/C9H14N4O3/c1-4(2)6-11-7(13-12-6)8(14)10-5(3)9(15)16/h4-5H,1-3H3,(H,10,14)(H,15,16)(H,11,12,13)/t5-/m1/s1. The highest BCUT2D eigenvalue weighted by Gasteiger charge is 2.19. The summed E-state index contributed by atoms with van der Waals surface area (Å²) in [5.41, 5.74) is 0. The van der Waals surface area contributed by atoms with Crippen molar-refractivity contribution in [3.63, 3.8) is 0 Å². The number of hydrogen-bond donors (Lipinski definition) is 3.